The first-order valence-corrected chi connectivity index (χ1v) is 8.30. The molecule has 0 unspecified atom stereocenters. The lowest BCUT2D eigenvalue weighted by atomic mass is 10.1. The van der Waals surface area contributed by atoms with Crippen molar-refractivity contribution in [2.24, 2.45) is 0 Å². The fourth-order valence-corrected chi connectivity index (χ4v) is 2.49. The summed E-state index contributed by atoms with van der Waals surface area (Å²) in [6.45, 7) is 2.77. The van der Waals surface area contributed by atoms with Crippen molar-refractivity contribution >= 4 is 6.03 Å². The molecule has 3 aromatic rings. The van der Waals surface area contributed by atoms with Crippen LogP contribution in [0.15, 0.2) is 65.1 Å². The van der Waals surface area contributed by atoms with E-state index in [1.165, 1.54) is 5.56 Å². The van der Waals surface area contributed by atoms with Crippen LogP contribution in [0.1, 0.15) is 17.0 Å². The molecule has 5 nitrogen and oxygen atoms in total. The summed E-state index contributed by atoms with van der Waals surface area (Å²) in [6.07, 6.45) is 0.801. The SMILES string of the molecule is Cc1oc(-c2ccccc2)nc1CNC(=O)NCCc1ccccc1. The molecule has 0 saturated carbocycles. The zero-order chi connectivity index (χ0) is 17.5. The lowest BCUT2D eigenvalue weighted by molar-refractivity contribution is 0.240. The minimum atomic E-state index is -0.209. The monoisotopic (exact) mass is 335 g/mol. The van der Waals surface area contributed by atoms with Gasteiger partial charge in [-0.25, -0.2) is 9.78 Å². The summed E-state index contributed by atoms with van der Waals surface area (Å²) in [7, 11) is 0. The van der Waals surface area contributed by atoms with Gasteiger partial charge >= 0.3 is 6.03 Å². The molecule has 1 aromatic heterocycles. The summed E-state index contributed by atoms with van der Waals surface area (Å²) in [4.78, 5) is 16.4. The molecule has 0 aliphatic rings. The second-order valence-electron chi connectivity index (χ2n) is 5.73. The maximum absolute atomic E-state index is 11.9. The van der Waals surface area contributed by atoms with E-state index in [-0.39, 0.29) is 6.03 Å². The molecule has 5 heteroatoms. The second-order valence-corrected chi connectivity index (χ2v) is 5.73. The van der Waals surface area contributed by atoms with E-state index in [1.807, 2.05) is 67.6 Å². The highest BCUT2D eigenvalue weighted by molar-refractivity contribution is 5.73. The van der Waals surface area contributed by atoms with E-state index in [4.69, 9.17) is 4.42 Å². The molecule has 2 N–H and O–H groups in total. The predicted molar refractivity (Wildman–Crippen MR) is 97.1 cm³/mol. The predicted octanol–water partition coefficient (Wildman–Crippen LogP) is 3.69. The van der Waals surface area contributed by atoms with Crippen LogP contribution in [-0.4, -0.2) is 17.6 Å². The molecule has 1 heterocycles. The lowest BCUT2D eigenvalue weighted by Gasteiger charge is -2.06. The molecule has 0 aliphatic carbocycles. The fourth-order valence-electron chi connectivity index (χ4n) is 2.49. The Morgan fingerprint density at radius 2 is 1.68 bits per heavy atom. The quantitative estimate of drug-likeness (QED) is 0.722. The zero-order valence-electron chi connectivity index (χ0n) is 14.2. The van der Waals surface area contributed by atoms with Gasteiger partial charge in [-0.15, -0.1) is 0 Å². The number of aryl methyl sites for hydroxylation is 1. The molecular weight excluding hydrogens is 314 g/mol. The summed E-state index contributed by atoms with van der Waals surface area (Å²) in [5.74, 6) is 1.28. The van der Waals surface area contributed by atoms with Crippen molar-refractivity contribution in [2.45, 2.75) is 19.9 Å². The Labute approximate surface area is 147 Å². The van der Waals surface area contributed by atoms with Crippen LogP contribution in [0.4, 0.5) is 4.79 Å². The van der Waals surface area contributed by atoms with Gasteiger partial charge in [0.15, 0.2) is 0 Å². The first-order valence-electron chi connectivity index (χ1n) is 8.30. The van der Waals surface area contributed by atoms with Crippen LogP contribution in [0, 0.1) is 6.92 Å². The van der Waals surface area contributed by atoms with Gasteiger partial charge < -0.3 is 15.1 Å². The van der Waals surface area contributed by atoms with Crippen LogP contribution >= 0.6 is 0 Å². The van der Waals surface area contributed by atoms with Gasteiger partial charge in [-0.1, -0.05) is 48.5 Å². The molecule has 2 amide bonds. The van der Waals surface area contributed by atoms with E-state index < -0.39 is 0 Å². The van der Waals surface area contributed by atoms with Crippen LogP contribution < -0.4 is 10.6 Å². The van der Waals surface area contributed by atoms with E-state index in [0.717, 1.165) is 17.7 Å². The average Bonchev–Trinajstić information content (AvgIpc) is 3.02. The van der Waals surface area contributed by atoms with Crippen molar-refractivity contribution in [3.8, 4) is 11.5 Å². The highest BCUT2D eigenvalue weighted by atomic mass is 16.4. The molecule has 2 aromatic carbocycles. The van der Waals surface area contributed by atoms with Gasteiger partial charge in [0.25, 0.3) is 0 Å². The van der Waals surface area contributed by atoms with Crippen molar-refractivity contribution < 1.29 is 9.21 Å². The molecule has 0 saturated heterocycles. The van der Waals surface area contributed by atoms with Gasteiger partial charge in [0.05, 0.1) is 6.54 Å². The molecule has 0 fully saturated rings. The normalized spacial score (nSPS) is 10.4. The lowest BCUT2D eigenvalue weighted by Crippen LogP contribution is -2.36. The minimum Gasteiger partial charge on any atom is -0.441 e. The highest BCUT2D eigenvalue weighted by Crippen LogP contribution is 2.21. The molecule has 0 radical (unpaired) electrons. The number of benzene rings is 2. The van der Waals surface area contributed by atoms with E-state index >= 15 is 0 Å². The van der Waals surface area contributed by atoms with Crippen molar-refractivity contribution in [1.82, 2.24) is 15.6 Å². The van der Waals surface area contributed by atoms with Crippen LogP contribution in [0.25, 0.3) is 11.5 Å². The number of rotatable bonds is 6. The number of nitrogens with zero attached hydrogens (tertiary/aromatic N) is 1. The largest absolute Gasteiger partial charge is 0.441 e. The van der Waals surface area contributed by atoms with Gasteiger partial charge in [-0.05, 0) is 31.0 Å². The number of oxazole rings is 1. The first-order chi connectivity index (χ1) is 12.2. The maximum Gasteiger partial charge on any atom is 0.315 e. The Bertz CT molecular complexity index is 813. The third-order valence-electron chi connectivity index (χ3n) is 3.87. The minimum absolute atomic E-state index is 0.209. The topological polar surface area (TPSA) is 67.2 Å². The Balaban J connectivity index is 1.48. The molecular formula is C20H21N3O2. The number of hydrogen-bond donors (Lipinski definition) is 2. The number of nitrogens with one attached hydrogen (secondary N) is 2. The maximum atomic E-state index is 11.9. The van der Waals surface area contributed by atoms with Gasteiger partial charge in [-0.3, -0.25) is 0 Å². The number of urea groups is 1. The summed E-state index contributed by atoms with van der Waals surface area (Å²) >= 11 is 0. The van der Waals surface area contributed by atoms with Crippen molar-refractivity contribution in [3.05, 3.63) is 77.7 Å². The highest BCUT2D eigenvalue weighted by Gasteiger charge is 2.12. The standard InChI is InChI=1S/C20H21N3O2/c1-15-18(23-19(25-15)17-10-6-3-7-11-17)14-22-20(24)21-13-12-16-8-4-2-5-9-16/h2-11H,12-14H2,1H3,(H2,21,22,24). The molecule has 0 atom stereocenters. The number of amides is 2. The summed E-state index contributed by atoms with van der Waals surface area (Å²) < 4.78 is 5.69. The van der Waals surface area contributed by atoms with E-state index in [9.17, 15) is 4.79 Å². The number of aromatic nitrogens is 1. The zero-order valence-corrected chi connectivity index (χ0v) is 14.2. The van der Waals surface area contributed by atoms with Gasteiger partial charge in [-0.2, -0.15) is 0 Å². The fraction of sp³-hybridized carbons (Fsp3) is 0.200. The van der Waals surface area contributed by atoms with E-state index in [2.05, 4.69) is 15.6 Å². The molecule has 0 spiro atoms. The van der Waals surface area contributed by atoms with Crippen LogP contribution in [0.5, 0.6) is 0 Å². The molecule has 25 heavy (non-hydrogen) atoms. The molecule has 0 bridgehead atoms. The summed E-state index contributed by atoms with van der Waals surface area (Å²) in [5.41, 5.74) is 2.85. The van der Waals surface area contributed by atoms with Crippen molar-refractivity contribution in [3.63, 3.8) is 0 Å². The number of carbonyl (C=O) groups excluding carboxylic acids is 1. The average molecular weight is 335 g/mol. The molecule has 128 valence electrons. The molecule has 0 aliphatic heterocycles. The van der Waals surface area contributed by atoms with E-state index in [0.29, 0.717) is 24.7 Å². The van der Waals surface area contributed by atoms with Gasteiger partial charge in [0, 0.05) is 12.1 Å². The Morgan fingerprint density at radius 3 is 2.40 bits per heavy atom. The van der Waals surface area contributed by atoms with Crippen LogP contribution in [0.2, 0.25) is 0 Å². The number of carbonyl (C=O) groups is 1. The Kier molecular flexibility index (Phi) is 5.46. The molecule has 3 rings (SSSR count). The number of hydrogen-bond acceptors (Lipinski definition) is 3. The summed E-state index contributed by atoms with van der Waals surface area (Å²) in [6, 6.07) is 19.6. The van der Waals surface area contributed by atoms with Crippen molar-refractivity contribution in [2.75, 3.05) is 6.54 Å². The van der Waals surface area contributed by atoms with Gasteiger partial charge in [0.1, 0.15) is 11.5 Å². The van der Waals surface area contributed by atoms with Crippen LogP contribution in [-0.2, 0) is 13.0 Å². The smallest absolute Gasteiger partial charge is 0.315 e. The first kappa shape index (κ1) is 16.8. The Morgan fingerprint density at radius 1 is 1.00 bits per heavy atom. The third kappa shape index (κ3) is 4.70. The van der Waals surface area contributed by atoms with Gasteiger partial charge in [0.2, 0.25) is 5.89 Å². The third-order valence-corrected chi connectivity index (χ3v) is 3.87. The Hall–Kier alpha value is -3.08. The van der Waals surface area contributed by atoms with Crippen molar-refractivity contribution in [1.29, 1.82) is 0 Å². The van der Waals surface area contributed by atoms with E-state index in [1.54, 1.807) is 0 Å². The second kappa shape index (κ2) is 8.15. The van der Waals surface area contributed by atoms with Crippen LogP contribution in [0.3, 0.4) is 0 Å². The summed E-state index contributed by atoms with van der Waals surface area (Å²) in [5, 5.41) is 5.67.